The molecule has 120 valence electrons. The number of nitrogens with one attached hydrogen (secondary N) is 1. The number of carbonyl (C=O) groups is 1. The maximum Gasteiger partial charge on any atom is 0.225 e. The van der Waals surface area contributed by atoms with E-state index in [1.165, 1.54) is 12.8 Å². The number of fused-ring (bicyclic) bond motifs is 1. The molecule has 5 nitrogen and oxygen atoms in total. The van der Waals surface area contributed by atoms with E-state index in [9.17, 15) is 4.79 Å². The number of ether oxygens (including phenoxy) is 2. The van der Waals surface area contributed by atoms with Crippen LogP contribution >= 0.6 is 0 Å². The minimum absolute atomic E-state index is 0.0503. The molecule has 2 aliphatic rings. The van der Waals surface area contributed by atoms with Crippen molar-refractivity contribution in [2.24, 2.45) is 0 Å². The molecular formula is C17H24N2O3. The Balaban J connectivity index is 1.49. The maximum absolute atomic E-state index is 12.1. The van der Waals surface area contributed by atoms with Crippen LogP contribution in [0.5, 0.6) is 5.75 Å². The lowest BCUT2D eigenvalue weighted by Gasteiger charge is -2.37. The highest BCUT2D eigenvalue weighted by Crippen LogP contribution is 2.29. The van der Waals surface area contributed by atoms with Gasteiger partial charge in [-0.1, -0.05) is 6.07 Å². The normalized spacial score (nSPS) is 24.8. The zero-order chi connectivity index (χ0) is 15.4. The summed E-state index contributed by atoms with van der Waals surface area (Å²) in [7, 11) is 1.62. The standard InChI is InChI=1S/C17H24N2O3/c1-21-14-5-2-4-13(12-14)18-17(20)8-9-19-10-11-22-16-7-3-6-15(16)19/h2,4-5,12,15-16H,3,6-11H2,1H3,(H,18,20)/t15-,16+/m0/s1. The number of hydrogen-bond donors (Lipinski definition) is 1. The van der Waals surface area contributed by atoms with Gasteiger partial charge < -0.3 is 14.8 Å². The quantitative estimate of drug-likeness (QED) is 0.907. The molecule has 1 saturated carbocycles. The monoisotopic (exact) mass is 304 g/mol. The molecule has 0 bridgehead atoms. The van der Waals surface area contributed by atoms with Gasteiger partial charge in [-0.25, -0.2) is 0 Å². The first kappa shape index (κ1) is 15.3. The van der Waals surface area contributed by atoms with Crippen molar-refractivity contribution in [3.63, 3.8) is 0 Å². The fraction of sp³-hybridized carbons (Fsp3) is 0.588. The topological polar surface area (TPSA) is 50.8 Å². The number of anilines is 1. The summed E-state index contributed by atoms with van der Waals surface area (Å²) in [5, 5.41) is 2.94. The van der Waals surface area contributed by atoms with Crippen LogP contribution in [0, 0.1) is 0 Å². The van der Waals surface area contributed by atoms with Gasteiger partial charge in [-0.15, -0.1) is 0 Å². The van der Waals surface area contributed by atoms with Crippen LogP contribution in [0.25, 0.3) is 0 Å². The molecule has 1 N–H and O–H groups in total. The number of nitrogens with zero attached hydrogens (tertiary/aromatic N) is 1. The highest BCUT2D eigenvalue weighted by molar-refractivity contribution is 5.91. The van der Waals surface area contributed by atoms with Gasteiger partial charge in [0.25, 0.3) is 0 Å². The number of rotatable bonds is 5. The summed E-state index contributed by atoms with van der Waals surface area (Å²) in [5.74, 6) is 0.800. The van der Waals surface area contributed by atoms with E-state index < -0.39 is 0 Å². The van der Waals surface area contributed by atoms with Gasteiger partial charge in [-0.05, 0) is 31.4 Å². The SMILES string of the molecule is COc1cccc(NC(=O)CCN2CCO[C@@H]3CCC[C@@H]32)c1. The third-order valence-corrected chi connectivity index (χ3v) is 4.58. The molecule has 1 aliphatic heterocycles. The van der Waals surface area contributed by atoms with Crippen LogP contribution < -0.4 is 10.1 Å². The average Bonchev–Trinajstić information content (AvgIpc) is 3.02. The number of hydrogen-bond acceptors (Lipinski definition) is 4. The molecule has 2 fully saturated rings. The first-order valence-electron chi connectivity index (χ1n) is 8.06. The number of methoxy groups -OCH3 is 1. The largest absolute Gasteiger partial charge is 0.497 e. The summed E-state index contributed by atoms with van der Waals surface area (Å²) < 4.78 is 11.0. The summed E-state index contributed by atoms with van der Waals surface area (Å²) in [6.45, 7) is 2.53. The Morgan fingerprint density at radius 3 is 3.23 bits per heavy atom. The Kier molecular flexibility index (Phi) is 4.95. The molecule has 1 aliphatic carbocycles. The van der Waals surface area contributed by atoms with Crippen molar-refractivity contribution in [1.82, 2.24) is 4.90 Å². The molecule has 5 heteroatoms. The number of morpholine rings is 1. The van der Waals surface area contributed by atoms with E-state index >= 15 is 0 Å². The van der Waals surface area contributed by atoms with Crippen LogP contribution in [-0.4, -0.2) is 49.8 Å². The van der Waals surface area contributed by atoms with Gasteiger partial charge in [0, 0.05) is 37.3 Å². The third-order valence-electron chi connectivity index (χ3n) is 4.58. The Morgan fingerprint density at radius 1 is 1.45 bits per heavy atom. The van der Waals surface area contributed by atoms with Crippen molar-refractivity contribution in [1.29, 1.82) is 0 Å². The number of benzene rings is 1. The van der Waals surface area contributed by atoms with Crippen LogP contribution in [0.4, 0.5) is 5.69 Å². The van der Waals surface area contributed by atoms with Crippen molar-refractivity contribution in [2.75, 3.05) is 32.1 Å². The van der Waals surface area contributed by atoms with Crippen LogP contribution in [0.3, 0.4) is 0 Å². The Bertz CT molecular complexity index is 520. The summed E-state index contributed by atoms with van der Waals surface area (Å²) >= 11 is 0. The molecule has 3 rings (SSSR count). The van der Waals surface area contributed by atoms with Crippen molar-refractivity contribution in [2.45, 2.75) is 37.8 Å². The van der Waals surface area contributed by atoms with E-state index in [4.69, 9.17) is 9.47 Å². The Labute approximate surface area is 131 Å². The van der Waals surface area contributed by atoms with E-state index in [-0.39, 0.29) is 5.91 Å². The molecule has 0 spiro atoms. The first-order chi connectivity index (χ1) is 10.8. The van der Waals surface area contributed by atoms with E-state index in [0.29, 0.717) is 18.6 Å². The zero-order valence-corrected chi connectivity index (χ0v) is 13.1. The lowest BCUT2D eigenvalue weighted by atomic mass is 10.1. The number of amides is 1. The van der Waals surface area contributed by atoms with Gasteiger partial charge >= 0.3 is 0 Å². The summed E-state index contributed by atoms with van der Waals surface area (Å²) in [6.07, 6.45) is 4.50. The summed E-state index contributed by atoms with van der Waals surface area (Å²) in [5.41, 5.74) is 0.782. The van der Waals surface area contributed by atoms with Gasteiger partial charge in [-0.2, -0.15) is 0 Å². The lowest BCUT2D eigenvalue weighted by molar-refractivity contribution is -0.117. The van der Waals surface area contributed by atoms with Gasteiger partial charge in [0.15, 0.2) is 0 Å². The van der Waals surface area contributed by atoms with E-state index in [1.54, 1.807) is 7.11 Å². The predicted octanol–water partition coefficient (Wildman–Crippen LogP) is 2.28. The van der Waals surface area contributed by atoms with E-state index in [1.807, 2.05) is 24.3 Å². The minimum atomic E-state index is 0.0503. The molecule has 1 heterocycles. The van der Waals surface area contributed by atoms with Crippen molar-refractivity contribution in [3.05, 3.63) is 24.3 Å². The van der Waals surface area contributed by atoms with Gasteiger partial charge in [0.05, 0.1) is 19.8 Å². The fourth-order valence-electron chi connectivity index (χ4n) is 3.45. The Morgan fingerprint density at radius 2 is 2.36 bits per heavy atom. The fourth-order valence-corrected chi connectivity index (χ4v) is 3.45. The third kappa shape index (κ3) is 3.59. The molecule has 0 aromatic heterocycles. The van der Waals surface area contributed by atoms with Crippen molar-refractivity contribution < 1.29 is 14.3 Å². The summed E-state index contributed by atoms with van der Waals surface area (Å²) in [4.78, 5) is 14.6. The van der Waals surface area contributed by atoms with Crippen LogP contribution in [0.2, 0.25) is 0 Å². The molecule has 0 unspecified atom stereocenters. The molecule has 1 saturated heterocycles. The molecule has 1 aromatic carbocycles. The predicted molar refractivity (Wildman–Crippen MR) is 85.2 cm³/mol. The van der Waals surface area contributed by atoms with E-state index in [2.05, 4.69) is 10.2 Å². The van der Waals surface area contributed by atoms with Crippen molar-refractivity contribution >= 4 is 11.6 Å². The first-order valence-corrected chi connectivity index (χ1v) is 8.06. The van der Waals surface area contributed by atoms with Gasteiger partial charge in [0.2, 0.25) is 5.91 Å². The van der Waals surface area contributed by atoms with Gasteiger partial charge in [-0.3, -0.25) is 9.69 Å². The van der Waals surface area contributed by atoms with Crippen LogP contribution in [-0.2, 0) is 9.53 Å². The molecule has 2 atom stereocenters. The average molecular weight is 304 g/mol. The lowest BCUT2D eigenvalue weighted by Crippen LogP contribution is -2.49. The number of carbonyl (C=O) groups excluding carboxylic acids is 1. The van der Waals surface area contributed by atoms with Crippen LogP contribution in [0.1, 0.15) is 25.7 Å². The molecule has 1 aromatic rings. The minimum Gasteiger partial charge on any atom is -0.497 e. The van der Waals surface area contributed by atoms with Crippen molar-refractivity contribution in [3.8, 4) is 5.75 Å². The molecule has 1 amide bonds. The zero-order valence-electron chi connectivity index (χ0n) is 13.1. The smallest absolute Gasteiger partial charge is 0.225 e. The van der Waals surface area contributed by atoms with E-state index in [0.717, 1.165) is 37.6 Å². The second kappa shape index (κ2) is 7.11. The molecule has 22 heavy (non-hydrogen) atoms. The van der Waals surface area contributed by atoms with Crippen LogP contribution in [0.15, 0.2) is 24.3 Å². The molecular weight excluding hydrogens is 280 g/mol. The highest BCUT2D eigenvalue weighted by Gasteiger charge is 2.35. The Hall–Kier alpha value is -1.59. The molecule has 0 radical (unpaired) electrons. The highest BCUT2D eigenvalue weighted by atomic mass is 16.5. The van der Waals surface area contributed by atoms with Gasteiger partial charge in [0.1, 0.15) is 5.75 Å². The summed E-state index contributed by atoms with van der Waals surface area (Å²) in [6, 6.07) is 7.96. The second-order valence-electron chi connectivity index (χ2n) is 5.97. The maximum atomic E-state index is 12.1. The second-order valence-corrected chi connectivity index (χ2v) is 5.97.